The first kappa shape index (κ1) is 16.2. The molecule has 118 valence electrons. The maximum atomic E-state index is 11.6. The van der Waals surface area contributed by atoms with Crippen LogP contribution in [0, 0.1) is 5.92 Å². The summed E-state index contributed by atoms with van der Waals surface area (Å²) in [6.07, 6.45) is 4.60. The second-order valence-electron chi connectivity index (χ2n) is 6.71. The van der Waals surface area contributed by atoms with E-state index in [4.69, 9.17) is 0 Å². The van der Waals surface area contributed by atoms with Gasteiger partial charge < -0.3 is 5.32 Å². The van der Waals surface area contributed by atoms with E-state index in [0.29, 0.717) is 11.8 Å². The van der Waals surface area contributed by atoms with E-state index in [0.717, 1.165) is 38.4 Å². The van der Waals surface area contributed by atoms with E-state index in [1.807, 2.05) is 0 Å². The molecule has 0 aromatic heterocycles. The first-order valence-corrected chi connectivity index (χ1v) is 9.91. The van der Waals surface area contributed by atoms with Crippen LogP contribution < -0.4 is 5.32 Å². The fourth-order valence-electron chi connectivity index (χ4n) is 3.13. The molecule has 2 rings (SSSR count). The van der Waals surface area contributed by atoms with Crippen molar-refractivity contribution in [3.05, 3.63) is 0 Å². The largest absolute Gasteiger partial charge is 0.311 e. The molecule has 1 aliphatic carbocycles. The van der Waals surface area contributed by atoms with Gasteiger partial charge in [-0.2, -0.15) is 0 Å². The van der Waals surface area contributed by atoms with Crippen molar-refractivity contribution >= 4 is 9.84 Å². The van der Waals surface area contributed by atoms with E-state index in [9.17, 15) is 8.42 Å². The lowest BCUT2D eigenvalue weighted by Crippen LogP contribution is -2.63. The van der Waals surface area contributed by atoms with Gasteiger partial charge in [-0.15, -0.1) is 0 Å². The van der Waals surface area contributed by atoms with Crippen LogP contribution in [-0.4, -0.2) is 56.0 Å². The van der Waals surface area contributed by atoms with Crippen LogP contribution >= 0.6 is 0 Å². The molecule has 0 amide bonds. The van der Waals surface area contributed by atoms with Crippen LogP contribution in [0.2, 0.25) is 0 Å². The van der Waals surface area contributed by atoms with Gasteiger partial charge >= 0.3 is 0 Å². The van der Waals surface area contributed by atoms with Crippen LogP contribution in [0.4, 0.5) is 0 Å². The molecular formula is C15H30N2O2S. The molecule has 2 atom stereocenters. The van der Waals surface area contributed by atoms with Gasteiger partial charge in [0, 0.05) is 30.4 Å². The SMILES string of the molecule is CCC1(C)CNC(C2CC2)CN1CCCS(=O)(=O)CC. The number of piperazine rings is 1. The smallest absolute Gasteiger partial charge is 0.150 e. The molecule has 1 saturated heterocycles. The molecule has 1 aliphatic heterocycles. The van der Waals surface area contributed by atoms with Gasteiger partial charge in [-0.3, -0.25) is 4.90 Å². The van der Waals surface area contributed by atoms with Crippen LogP contribution in [0.15, 0.2) is 0 Å². The minimum Gasteiger partial charge on any atom is -0.311 e. The number of hydrogen-bond donors (Lipinski definition) is 1. The third kappa shape index (κ3) is 3.95. The Bertz CT molecular complexity index is 420. The summed E-state index contributed by atoms with van der Waals surface area (Å²) in [7, 11) is -2.82. The molecule has 0 radical (unpaired) electrons. The van der Waals surface area contributed by atoms with Crippen molar-refractivity contribution in [3.8, 4) is 0 Å². The van der Waals surface area contributed by atoms with Crippen molar-refractivity contribution in [3.63, 3.8) is 0 Å². The van der Waals surface area contributed by atoms with Gasteiger partial charge in [0.25, 0.3) is 0 Å². The molecule has 0 spiro atoms. The first-order valence-electron chi connectivity index (χ1n) is 8.09. The molecule has 0 aromatic rings. The topological polar surface area (TPSA) is 49.4 Å². The third-order valence-electron chi connectivity index (χ3n) is 5.20. The lowest BCUT2D eigenvalue weighted by atomic mass is 9.91. The molecule has 0 bridgehead atoms. The Hall–Kier alpha value is -0.130. The number of sulfone groups is 1. The van der Waals surface area contributed by atoms with Crippen LogP contribution in [0.3, 0.4) is 0 Å². The second kappa shape index (κ2) is 6.32. The highest BCUT2D eigenvalue weighted by Gasteiger charge is 2.41. The summed E-state index contributed by atoms with van der Waals surface area (Å²) in [5, 5.41) is 3.71. The second-order valence-corrected chi connectivity index (χ2v) is 9.18. The molecule has 1 heterocycles. The van der Waals surface area contributed by atoms with Crippen molar-refractivity contribution in [1.82, 2.24) is 10.2 Å². The molecule has 2 aliphatic rings. The molecule has 5 heteroatoms. The summed E-state index contributed by atoms with van der Waals surface area (Å²) in [5.74, 6) is 1.46. The molecule has 1 saturated carbocycles. The fourth-order valence-corrected chi connectivity index (χ4v) is 3.99. The Morgan fingerprint density at radius 3 is 2.55 bits per heavy atom. The number of nitrogens with one attached hydrogen (secondary N) is 1. The zero-order valence-electron chi connectivity index (χ0n) is 13.2. The summed E-state index contributed by atoms with van der Waals surface area (Å²) in [5.41, 5.74) is 0.182. The average Bonchev–Trinajstić information content (AvgIpc) is 3.25. The number of rotatable bonds is 7. The highest BCUT2D eigenvalue weighted by Crippen LogP contribution is 2.36. The van der Waals surface area contributed by atoms with E-state index in [2.05, 4.69) is 24.1 Å². The molecule has 4 nitrogen and oxygen atoms in total. The maximum absolute atomic E-state index is 11.6. The van der Waals surface area contributed by atoms with Gasteiger partial charge in [0.15, 0.2) is 0 Å². The van der Waals surface area contributed by atoms with E-state index in [1.165, 1.54) is 12.8 Å². The molecule has 20 heavy (non-hydrogen) atoms. The van der Waals surface area contributed by atoms with Crippen molar-refractivity contribution in [2.75, 3.05) is 31.1 Å². The molecular weight excluding hydrogens is 272 g/mol. The molecule has 2 unspecified atom stereocenters. The standard InChI is InChI=1S/C15H30N2O2S/c1-4-15(3)12-16-14(13-7-8-13)11-17(15)9-6-10-20(18,19)5-2/h13-14,16H,4-12H2,1-3H3. The Morgan fingerprint density at radius 2 is 2.00 bits per heavy atom. The van der Waals surface area contributed by atoms with Gasteiger partial charge in [-0.05, 0) is 45.1 Å². The lowest BCUT2D eigenvalue weighted by molar-refractivity contribution is 0.0444. The highest BCUT2D eigenvalue weighted by molar-refractivity contribution is 7.91. The van der Waals surface area contributed by atoms with E-state index in [1.54, 1.807) is 6.92 Å². The van der Waals surface area contributed by atoms with Crippen molar-refractivity contribution < 1.29 is 8.42 Å². The average molecular weight is 302 g/mol. The monoisotopic (exact) mass is 302 g/mol. The lowest BCUT2D eigenvalue weighted by Gasteiger charge is -2.48. The van der Waals surface area contributed by atoms with Crippen molar-refractivity contribution in [2.24, 2.45) is 5.92 Å². The van der Waals surface area contributed by atoms with Gasteiger partial charge in [0.05, 0.1) is 5.75 Å². The summed E-state index contributed by atoms with van der Waals surface area (Å²) in [6.45, 7) is 9.30. The summed E-state index contributed by atoms with van der Waals surface area (Å²) >= 11 is 0. The van der Waals surface area contributed by atoms with E-state index in [-0.39, 0.29) is 11.3 Å². The third-order valence-corrected chi connectivity index (χ3v) is 6.99. The highest BCUT2D eigenvalue weighted by atomic mass is 32.2. The quantitative estimate of drug-likeness (QED) is 0.777. The maximum Gasteiger partial charge on any atom is 0.150 e. The Labute approximate surface area is 124 Å². The predicted molar refractivity (Wildman–Crippen MR) is 83.7 cm³/mol. The van der Waals surface area contributed by atoms with Crippen molar-refractivity contribution in [2.45, 2.75) is 58.0 Å². The summed E-state index contributed by atoms with van der Waals surface area (Å²) in [6, 6.07) is 0.623. The number of hydrogen-bond acceptors (Lipinski definition) is 4. The van der Waals surface area contributed by atoms with Crippen LogP contribution in [0.1, 0.15) is 46.5 Å². The summed E-state index contributed by atoms with van der Waals surface area (Å²) < 4.78 is 23.2. The summed E-state index contributed by atoms with van der Waals surface area (Å²) in [4.78, 5) is 2.54. The van der Waals surface area contributed by atoms with Crippen LogP contribution in [0.5, 0.6) is 0 Å². The number of nitrogens with zero attached hydrogens (tertiary/aromatic N) is 1. The Morgan fingerprint density at radius 1 is 1.30 bits per heavy atom. The van der Waals surface area contributed by atoms with E-state index >= 15 is 0 Å². The Balaban J connectivity index is 1.90. The fraction of sp³-hybridized carbons (Fsp3) is 1.00. The van der Waals surface area contributed by atoms with Crippen molar-refractivity contribution in [1.29, 1.82) is 0 Å². The first-order chi connectivity index (χ1) is 9.40. The van der Waals surface area contributed by atoms with Gasteiger partial charge in [0.1, 0.15) is 9.84 Å². The predicted octanol–water partition coefficient (Wildman–Crippen LogP) is 1.66. The Kier molecular flexibility index (Phi) is 5.14. The van der Waals surface area contributed by atoms with Gasteiger partial charge in [-0.25, -0.2) is 8.42 Å². The molecule has 1 N–H and O–H groups in total. The zero-order chi connectivity index (χ0) is 14.8. The normalized spacial score (nSPS) is 32.5. The zero-order valence-corrected chi connectivity index (χ0v) is 14.0. The molecule has 2 fully saturated rings. The minimum atomic E-state index is -2.82. The van der Waals surface area contributed by atoms with E-state index < -0.39 is 9.84 Å². The van der Waals surface area contributed by atoms with Crippen LogP contribution in [-0.2, 0) is 9.84 Å². The van der Waals surface area contributed by atoms with Crippen LogP contribution in [0.25, 0.3) is 0 Å². The molecule has 0 aromatic carbocycles. The van der Waals surface area contributed by atoms with Gasteiger partial charge in [-0.1, -0.05) is 13.8 Å². The minimum absolute atomic E-state index is 0.182. The van der Waals surface area contributed by atoms with Gasteiger partial charge in [0.2, 0.25) is 0 Å².